The van der Waals surface area contributed by atoms with Crippen LogP contribution in [0.1, 0.15) is 290 Å². The molecule has 0 amide bonds. The Kier molecular flexibility index (Phi) is 50.3. The summed E-state index contributed by atoms with van der Waals surface area (Å²) in [6, 6.07) is 0. The van der Waals surface area contributed by atoms with Gasteiger partial charge in [0.05, 0.1) is 6.61 Å². The molecule has 0 spiro atoms. The molecule has 0 heterocycles. The lowest BCUT2D eigenvalue weighted by atomic mass is 10.0. The molecule has 5 heteroatoms. The molecule has 1 atom stereocenters. The molecule has 0 saturated carbocycles. The number of unbranched alkanes of at least 4 members (excludes halogenated alkanes) is 35. The quantitative estimate of drug-likeness (QED) is 0.0347. The highest BCUT2D eigenvalue weighted by Gasteiger charge is 2.17. The van der Waals surface area contributed by atoms with Crippen LogP contribution in [0, 0.1) is 0 Å². The highest BCUT2D eigenvalue weighted by Crippen LogP contribution is 2.16. The number of carbonyl (C=O) groups is 2. The number of esters is 2. The highest BCUT2D eigenvalue weighted by molar-refractivity contribution is 5.70. The topological polar surface area (TPSA) is 61.8 Å². The van der Waals surface area contributed by atoms with E-state index in [0.29, 0.717) is 19.4 Å². The predicted molar refractivity (Wildman–Crippen MR) is 261 cm³/mol. The smallest absolute Gasteiger partial charge is 0.306 e. The minimum atomic E-state index is -0.533. The highest BCUT2D eigenvalue weighted by atomic mass is 16.6. The Labute approximate surface area is 375 Å². The van der Waals surface area contributed by atoms with Crippen LogP contribution < -0.4 is 0 Å². The number of ether oxygens (including phenoxy) is 3. The van der Waals surface area contributed by atoms with Crippen LogP contribution in [0.3, 0.4) is 0 Å². The first-order chi connectivity index (χ1) is 29.6. The Balaban J connectivity index is 4.12. The largest absolute Gasteiger partial charge is 0.462 e. The Morgan fingerprint density at radius 2 is 0.700 bits per heavy atom. The SMILES string of the molecule is CCCCC/C=C\C/C=C\CCCCCCCCOCC(COC(=O)CCCCCCCCCCCCCCCCCCCCC)OC(=O)CCCCCCCCCCC. The molecule has 0 aromatic rings. The molecule has 0 bridgehead atoms. The maximum Gasteiger partial charge on any atom is 0.306 e. The summed E-state index contributed by atoms with van der Waals surface area (Å²) < 4.78 is 17.4. The minimum absolute atomic E-state index is 0.0884. The van der Waals surface area contributed by atoms with Crippen molar-refractivity contribution in [1.29, 1.82) is 0 Å². The van der Waals surface area contributed by atoms with E-state index in [0.717, 1.165) is 44.9 Å². The lowest BCUT2D eigenvalue weighted by Gasteiger charge is -2.18. The van der Waals surface area contributed by atoms with Crippen molar-refractivity contribution in [2.45, 2.75) is 297 Å². The molecule has 0 aromatic heterocycles. The summed E-state index contributed by atoms with van der Waals surface area (Å²) in [7, 11) is 0. The summed E-state index contributed by atoms with van der Waals surface area (Å²) in [4.78, 5) is 25.3. The number of hydrogen-bond acceptors (Lipinski definition) is 5. The molecule has 0 aliphatic carbocycles. The van der Waals surface area contributed by atoms with Gasteiger partial charge < -0.3 is 14.2 Å². The second kappa shape index (κ2) is 51.7. The first-order valence-electron chi connectivity index (χ1n) is 26.9. The fourth-order valence-electron chi connectivity index (χ4n) is 7.95. The van der Waals surface area contributed by atoms with Crippen LogP contribution in [0.15, 0.2) is 24.3 Å². The van der Waals surface area contributed by atoms with Crippen LogP contribution in [-0.4, -0.2) is 37.9 Å². The van der Waals surface area contributed by atoms with Gasteiger partial charge in [-0.1, -0.05) is 251 Å². The van der Waals surface area contributed by atoms with Crippen molar-refractivity contribution in [2.75, 3.05) is 19.8 Å². The van der Waals surface area contributed by atoms with Crippen molar-refractivity contribution < 1.29 is 23.8 Å². The molecule has 354 valence electrons. The van der Waals surface area contributed by atoms with Gasteiger partial charge in [-0.3, -0.25) is 9.59 Å². The van der Waals surface area contributed by atoms with Gasteiger partial charge in [-0.2, -0.15) is 0 Å². The van der Waals surface area contributed by atoms with Gasteiger partial charge in [0.25, 0.3) is 0 Å². The van der Waals surface area contributed by atoms with E-state index in [1.807, 2.05) is 0 Å². The normalized spacial score (nSPS) is 12.2. The van der Waals surface area contributed by atoms with Crippen LogP contribution in [0.2, 0.25) is 0 Å². The van der Waals surface area contributed by atoms with Crippen molar-refractivity contribution >= 4 is 11.9 Å². The zero-order chi connectivity index (χ0) is 43.5. The number of hydrogen-bond donors (Lipinski definition) is 0. The molecule has 0 aromatic carbocycles. The molecule has 0 fully saturated rings. The summed E-state index contributed by atoms with van der Waals surface area (Å²) in [5.41, 5.74) is 0. The van der Waals surface area contributed by atoms with Crippen LogP contribution in [0.25, 0.3) is 0 Å². The van der Waals surface area contributed by atoms with Crippen molar-refractivity contribution in [3.8, 4) is 0 Å². The van der Waals surface area contributed by atoms with Crippen molar-refractivity contribution in [2.24, 2.45) is 0 Å². The monoisotopic (exact) mass is 845 g/mol. The van der Waals surface area contributed by atoms with E-state index in [9.17, 15) is 9.59 Å². The third-order valence-corrected chi connectivity index (χ3v) is 12.0. The van der Waals surface area contributed by atoms with Gasteiger partial charge in [0, 0.05) is 19.4 Å². The van der Waals surface area contributed by atoms with E-state index >= 15 is 0 Å². The molecule has 0 N–H and O–H groups in total. The van der Waals surface area contributed by atoms with Gasteiger partial charge in [0.15, 0.2) is 6.10 Å². The van der Waals surface area contributed by atoms with E-state index in [1.165, 1.54) is 212 Å². The first kappa shape index (κ1) is 58.4. The van der Waals surface area contributed by atoms with Crippen molar-refractivity contribution in [3.63, 3.8) is 0 Å². The maximum absolute atomic E-state index is 12.7. The Hall–Kier alpha value is -1.62. The third-order valence-electron chi connectivity index (χ3n) is 12.0. The standard InChI is InChI=1S/C55H104O5/c1-4-7-10-13-16-19-21-23-25-27-28-29-30-32-34-37-39-42-45-48-54(56)59-52-53(60-55(57)49-46-43-40-36-18-15-12-9-6-3)51-58-50-47-44-41-38-35-33-31-26-24-22-20-17-14-11-8-5-2/h17,20,24,26,53H,4-16,18-19,21-23,25,27-52H2,1-3H3/b20-17-,26-24-. The third kappa shape index (κ3) is 49.0. The Morgan fingerprint density at radius 3 is 1.13 bits per heavy atom. The fraction of sp³-hybridized carbons (Fsp3) is 0.891. The molecule has 0 radical (unpaired) electrons. The van der Waals surface area contributed by atoms with Gasteiger partial charge in [-0.05, 0) is 51.4 Å². The molecule has 0 aliphatic rings. The molecule has 0 saturated heterocycles. The van der Waals surface area contributed by atoms with Gasteiger partial charge >= 0.3 is 11.9 Å². The zero-order valence-electron chi connectivity index (χ0n) is 40.7. The second-order valence-electron chi connectivity index (χ2n) is 18.1. The summed E-state index contributed by atoms with van der Waals surface area (Å²) >= 11 is 0. The zero-order valence-corrected chi connectivity index (χ0v) is 40.7. The molecule has 60 heavy (non-hydrogen) atoms. The molecule has 0 aliphatic heterocycles. The molecule has 0 rings (SSSR count). The predicted octanol–water partition coefficient (Wildman–Crippen LogP) is 18.0. The van der Waals surface area contributed by atoms with E-state index in [1.54, 1.807) is 0 Å². The average molecular weight is 845 g/mol. The van der Waals surface area contributed by atoms with Gasteiger partial charge in [0.1, 0.15) is 6.61 Å². The number of rotatable bonds is 50. The van der Waals surface area contributed by atoms with Gasteiger partial charge in [-0.15, -0.1) is 0 Å². The number of carbonyl (C=O) groups excluding carboxylic acids is 2. The van der Waals surface area contributed by atoms with Crippen LogP contribution in [0.5, 0.6) is 0 Å². The maximum atomic E-state index is 12.7. The Bertz CT molecular complexity index is 913. The number of allylic oxidation sites excluding steroid dienone is 4. The van der Waals surface area contributed by atoms with E-state index in [-0.39, 0.29) is 25.2 Å². The van der Waals surface area contributed by atoms with E-state index < -0.39 is 6.10 Å². The van der Waals surface area contributed by atoms with Gasteiger partial charge in [0.2, 0.25) is 0 Å². The lowest BCUT2D eigenvalue weighted by Crippen LogP contribution is -2.30. The van der Waals surface area contributed by atoms with Crippen LogP contribution in [0.4, 0.5) is 0 Å². The average Bonchev–Trinajstić information content (AvgIpc) is 3.25. The first-order valence-corrected chi connectivity index (χ1v) is 26.9. The van der Waals surface area contributed by atoms with Crippen molar-refractivity contribution in [1.82, 2.24) is 0 Å². The fourth-order valence-corrected chi connectivity index (χ4v) is 7.95. The second-order valence-corrected chi connectivity index (χ2v) is 18.1. The summed E-state index contributed by atoms with van der Waals surface area (Å²) in [5.74, 6) is -0.387. The molecule has 1 unspecified atom stereocenters. The minimum Gasteiger partial charge on any atom is -0.462 e. The summed E-state index contributed by atoms with van der Waals surface area (Å²) in [5, 5.41) is 0. The molecule has 5 nitrogen and oxygen atoms in total. The van der Waals surface area contributed by atoms with E-state index in [4.69, 9.17) is 14.2 Å². The van der Waals surface area contributed by atoms with Crippen molar-refractivity contribution in [3.05, 3.63) is 24.3 Å². The Morgan fingerprint density at radius 1 is 0.367 bits per heavy atom. The summed E-state index contributed by atoms with van der Waals surface area (Å²) in [6.07, 6.45) is 60.5. The van der Waals surface area contributed by atoms with Gasteiger partial charge in [-0.25, -0.2) is 0 Å². The summed E-state index contributed by atoms with van der Waals surface area (Å²) in [6.45, 7) is 7.82. The molecular formula is C55H104O5. The van der Waals surface area contributed by atoms with Crippen LogP contribution >= 0.6 is 0 Å². The molecular weight excluding hydrogens is 741 g/mol. The lowest BCUT2D eigenvalue weighted by molar-refractivity contribution is -0.163. The van der Waals surface area contributed by atoms with Crippen LogP contribution in [-0.2, 0) is 23.8 Å². The van der Waals surface area contributed by atoms with E-state index in [2.05, 4.69) is 45.1 Å².